The molecule has 2 aliphatic rings. The number of carboxylic acids is 1. The van der Waals surface area contributed by atoms with Crippen LogP contribution in [-0.2, 0) is 53.6 Å². The zero-order valence-electron chi connectivity index (χ0n) is 59.7. The maximum Gasteiger partial charge on any atom is 0.410 e. The van der Waals surface area contributed by atoms with E-state index in [1.807, 2.05) is 167 Å². The normalized spacial score (nSPS) is 16.1. The van der Waals surface area contributed by atoms with Gasteiger partial charge in [-0.2, -0.15) is 17.2 Å². The molecule has 2 fully saturated rings. The Labute approximate surface area is 581 Å². The highest BCUT2D eigenvalue weighted by Crippen LogP contribution is 2.38. The number of nitrogens with two attached hydrogens (primary N) is 1. The highest BCUT2D eigenvalue weighted by Gasteiger charge is 2.44. The van der Waals surface area contributed by atoms with E-state index in [1.54, 1.807) is 17.0 Å². The summed E-state index contributed by atoms with van der Waals surface area (Å²) in [6, 6.07) is 30.2. The number of halogens is 2. The van der Waals surface area contributed by atoms with Crippen molar-refractivity contribution in [3.05, 3.63) is 155 Å². The third-order valence-corrected chi connectivity index (χ3v) is 17.9. The van der Waals surface area contributed by atoms with Crippen molar-refractivity contribution >= 4 is 55.7 Å². The molecule has 0 spiro atoms. The number of nitrogens with zero attached hydrogens (tertiary/aromatic N) is 6. The van der Waals surface area contributed by atoms with E-state index in [4.69, 9.17) is 29.2 Å². The quantitative estimate of drug-likeness (QED) is 0.0330. The molecule has 2 aliphatic heterocycles. The second-order valence-corrected chi connectivity index (χ2v) is 33.2. The maximum atomic E-state index is 14.8. The number of primary sulfonamides is 1. The predicted octanol–water partition coefficient (Wildman–Crippen LogP) is 13.6. The van der Waals surface area contributed by atoms with Crippen molar-refractivity contribution in [2.24, 2.45) is 17.0 Å². The highest BCUT2D eigenvalue weighted by molar-refractivity contribution is 7.90. The SMILES string of the molecule is CC(C)(C)OC(=O)N1CC(CCCNc2cc(OCc3ccccc3)cc(S(=O)(=O)NC(=O)c3ccc(C(C)(C)C)nc3F)n2)CC1(C)C.CC(C)(C)OC(=O)N1CC(CCCNc2cc(OCc3ccccc3)cc(S(N)(=O)=O)n2)CC1(C)C.CC(C)(C)c1ccc(C(=O)O)c(F)n1. The van der Waals surface area contributed by atoms with Gasteiger partial charge in [0.2, 0.25) is 11.9 Å². The molecule has 2 saturated heterocycles. The number of pyridine rings is 4. The number of anilines is 2. The van der Waals surface area contributed by atoms with Gasteiger partial charge in [0.05, 0.1) is 5.56 Å². The molecule has 23 nitrogen and oxygen atoms in total. The van der Waals surface area contributed by atoms with E-state index >= 15 is 0 Å². The minimum atomic E-state index is -4.55. The van der Waals surface area contributed by atoms with Gasteiger partial charge in [-0.15, -0.1) is 0 Å². The summed E-state index contributed by atoms with van der Waals surface area (Å²) in [5, 5.41) is 19.5. The number of aromatic nitrogens is 4. The van der Waals surface area contributed by atoms with Crippen LogP contribution in [0.1, 0.15) is 193 Å². The van der Waals surface area contributed by atoms with Gasteiger partial charge >= 0.3 is 18.2 Å². The van der Waals surface area contributed by atoms with Gasteiger partial charge in [-0.1, -0.05) is 102 Å². The third kappa shape index (κ3) is 24.7. The number of sulfonamides is 2. The smallest absolute Gasteiger partial charge is 0.410 e. The lowest BCUT2D eigenvalue weighted by Crippen LogP contribution is -2.45. The Hall–Kier alpha value is -8.56. The highest BCUT2D eigenvalue weighted by atomic mass is 32.2. The average Bonchev–Trinajstić information content (AvgIpc) is 1.80. The fraction of sp³-hybridized carbons (Fsp3) is 0.500. The Bertz CT molecular complexity index is 4010. The summed E-state index contributed by atoms with van der Waals surface area (Å²) in [5.74, 6) is -2.67. The molecule has 2 unspecified atom stereocenters. The van der Waals surface area contributed by atoms with Crippen molar-refractivity contribution in [1.82, 2.24) is 34.5 Å². The van der Waals surface area contributed by atoms with Crippen molar-refractivity contribution in [2.45, 2.75) is 206 Å². The Kier molecular flexibility index (Phi) is 26.2. The summed E-state index contributed by atoms with van der Waals surface area (Å²) in [6.07, 6.45) is 4.38. The molecule has 6 heterocycles. The molecule has 8 rings (SSSR count). The number of aromatic carboxylic acids is 1. The summed E-state index contributed by atoms with van der Waals surface area (Å²) < 4.78 is 103. The Balaban J connectivity index is 0.000000269. The van der Waals surface area contributed by atoms with Crippen LogP contribution in [0.25, 0.3) is 0 Å². The molecular formula is C72H98F2N10O13S2. The van der Waals surface area contributed by atoms with Crippen molar-refractivity contribution in [3.63, 3.8) is 0 Å². The molecule has 2 atom stereocenters. The standard InChI is InChI=1S/C36H48FN5O6S.C26H38N4O5S.C10H12FNO2/c1-34(2,3)28-17-16-27(31(37)39-28)32(43)41-49(45,46)30-20-26(47-23-24-13-10-9-11-14-24)19-29(40-30)38-18-12-15-25-21-36(7,8)42(22-25)33(44)48-35(4,5)6;1-25(2,3)35-24(31)30-17-20(16-26(30,4)5)12-9-13-28-22-14-21(15-23(29-22)36(27,32)33)34-18-19-10-7-6-8-11-19;1-10(2,3)7-5-4-6(9(13)14)8(11)12-7/h9-11,13-14,16-17,19-20,25H,12,15,18,21-23H2,1-8H3,(H,38,40)(H,41,43);6-8,10-11,14-15,20H,9,12-13,16-18H2,1-5H3,(H,28,29)(H2,27,32,33);4-5H,1-3H3,(H,13,14). The van der Waals surface area contributed by atoms with E-state index in [9.17, 15) is 44.8 Å². The largest absolute Gasteiger partial charge is 0.489 e. The molecule has 2 aromatic carbocycles. The van der Waals surface area contributed by atoms with Crippen LogP contribution in [0.15, 0.2) is 119 Å². The van der Waals surface area contributed by atoms with Gasteiger partial charge in [0.15, 0.2) is 10.1 Å². The van der Waals surface area contributed by atoms with E-state index < -0.39 is 76.6 Å². The number of carbonyl (C=O) groups excluding carboxylic acids is 3. The minimum Gasteiger partial charge on any atom is -0.489 e. The lowest BCUT2D eigenvalue weighted by atomic mass is 9.91. The number of nitrogens with one attached hydrogen (secondary N) is 3. The minimum absolute atomic E-state index is 0.165. The summed E-state index contributed by atoms with van der Waals surface area (Å²) in [6.45, 7) is 33.3. The molecule has 6 aromatic rings. The summed E-state index contributed by atoms with van der Waals surface area (Å²) in [5.41, 5.74) is -0.578. The number of likely N-dealkylation sites (tertiary alicyclic amines) is 2. The van der Waals surface area contributed by atoms with E-state index in [0.29, 0.717) is 61.7 Å². The molecule has 4 aromatic heterocycles. The van der Waals surface area contributed by atoms with Crippen molar-refractivity contribution < 1.29 is 68.8 Å². The van der Waals surface area contributed by atoms with Crippen LogP contribution in [0, 0.1) is 23.7 Å². The second-order valence-electron chi connectivity index (χ2n) is 30.0. The van der Waals surface area contributed by atoms with Gasteiger partial charge in [-0.25, -0.2) is 52.6 Å². The first kappa shape index (κ1) is 79.4. The maximum absolute atomic E-state index is 14.8. The average molecular weight is 1410 g/mol. The number of ether oxygens (including phenoxy) is 4. The Morgan fingerprint density at radius 1 is 0.566 bits per heavy atom. The molecule has 99 heavy (non-hydrogen) atoms. The molecule has 540 valence electrons. The lowest BCUT2D eigenvalue weighted by Gasteiger charge is -2.33. The first-order valence-corrected chi connectivity index (χ1v) is 35.9. The topological polar surface area (TPSA) is 314 Å². The van der Waals surface area contributed by atoms with Crippen LogP contribution >= 0.6 is 0 Å². The van der Waals surface area contributed by atoms with Crippen LogP contribution in [0.2, 0.25) is 0 Å². The van der Waals surface area contributed by atoms with Crippen LogP contribution in [0.4, 0.5) is 30.0 Å². The number of carbonyl (C=O) groups is 4. The third-order valence-electron chi connectivity index (χ3n) is 15.9. The summed E-state index contributed by atoms with van der Waals surface area (Å²) in [7, 11) is -8.54. The van der Waals surface area contributed by atoms with E-state index in [0.717, 1.165) is 49.7 Å². The van der Waals surface area contributed by atoms with Crippen molar-refractivity contribution in [2.75, 3.05) is 36.8 Å². The van der Waals surface area contributed by atoms with Gasteiger partial charge in [0.1, 0.15) is 53.1 Å². The molecule has 0 aliphatic carbocycles. The van der Waals surface area contributed by atoms with E-state index in [2.05, 4.69) is 44.4 Å². The molecular weight excluding hydrogens is 1310 g/mol. The van der Waals surface area contributed by atoms with Gasteiger partial charge in [0, 0.05) is 83.7 Å². The number of amides is 3. The number of hydrogen-bond acceptors (Lipinski definition) is 18. The number of benzene rings is 2. The fourth-order valence-electron chi connectivity index (χ4n) is 11.0. The fourth-order valence-corrected chi connectivity index (χ4v) is 12.4. The first-order valence-electron chi connectivity index (χ1n) is 32.8. The van der Waals surface area contributed by atoms with Crippen LogP contribution in [-0.4, -0.2) is 124 Å². The lowest BCUT2D eigenvalue weighted by molar-refractivity contribution is 0.0118. The summed E-state index contributed by atoms with van der Waals surface area (Å²) >= 11 is 0. The number of carboxylic acid groups (broad SMARTS) is 1. The second kappa shape index (κ2) is 32.6. The van der Waals surface area contributed by atoms with Gasteiger partial charge in [-0.05, 0) is 155 Å². The molecule has 27 heteroatoms. The Morgan fingerprint density at radius 2 is 0.949 bits per heavy atom. The number of rotatable bonds is 21. The monoisotopic (exact) mass is 1410 g/mol. The Morgan fingerprint density at radius 3 is 1.31 bits per heavy atom. The molecule has 0 bridgehead atoms. The number of hydrogen-bond donors (Lipinski definition) is 5. The van der Waals surface area contributed by atoms with Crippen LogP contribution in [0.5, 0.6) is 11.5 Å². The summed E-state index contributed by atoms with van der Waals surface area (Å²) in [4.78, 5) is 68.4. The predicted molar refractivity (Wildman–Crippen MR) is 374 cm³/mol. The molecule has 0 saturated carbocycles. The van der Waals surface area contributed by atoms with Gasteiger partial charge < -0.3 is 44.5 Å². The van der Waals surface area contributed by atoms with Gasteiger partial charge in [0.25, 0.3) is 26.0 Å². The molecule has 0 radical (unpaired) electrons. The van der Waals surface area contributed by atoms with Gasteiger partial charge in [-0.3, -0.25) is 4.79 Å². The molecule has 6 N–H and O–H groups in total. The zero-order chi connectivity index (χ0) is 73.7. The van der Waals surface area contributed by atoms with Crippen molar-refractivity contribution in [1.29, 1.82) is 0 Å². The van der Waals surface area contributed by atoms with Crippen LogP contribution < -0.4 is 30.0 Å². The van der Waals surface area contributed by atoms with Crippen LogP contribution in [0.3, 0.4) is 0 Å². The van der Waals surface area contributed by atoms with E-state index in [-0.39, 0.29) is 57.8 Å². The first-order chi connectivity index (χ1) is 45.8. The van der Waals surface area contributed by atoms with Crippen molar-refractivity contribution in [3.8, 4) is 11.5 Å². The van der Waals surface area contributed by atoms with E-state index in [1.165, 1.54) is 36.4 Å². The zero-order valence-corrected chi connectivity index (χ0v) is 61.3. The molecule has 3 amide bonds.